The number of nitrogens with two attached hydrogens (primary N) is 1. The van der Waals surface area contributed by atoms with Crippen molar-refractivity contribution < 1.29 is 8.42 Å². The fourth-order valence-electron chi connectivity index (χ4n) is 2.31. The van der Waals surface area contributed by atoms with Gasteiger partial charge >= 0.3 is 0 Å². The smallest absolute Gasteiger partial charge is 0.281 e. The summed E-state index contributed by atoms with van der Waals surface area (Å²) in [6, 6.07) is 0.0592. The van der Waals surface area contributed by atoms with Crippen molar-refractivity contribution in [2.24, 2.45) is 11.7 Å². The molecule has 0 bridgehead atoms. The van der Waals surface area contributed by atoms with E-state index in [0.29, 0.717) is 19.6 Å². The van der Waals surface area contributed by atoms with Gasteiger partial charge in [0.05, 0.1) is 0 Å². The molecule has 19 heavy (non-hydrogen) atoms. The first-order chi connectivity index (χ1) is 8.39. The molecule has 0 spiro atoms. The maximum absolute atomic E-state index is 12.4. The van der Waals surface area contributed by atoms with Gasteiger partial charge in [0.25, 0.3) is 10.2 Å². The zero-order chi connectivity index (χ0) is 13.8. The molecule has 0 aromatic carbocycles. The number of piperidine rings is 1. The molecule has 1 aliphatic rings. The normalized spacial score (nSPS) is 23.1. The maximum atomic E-state index is 12.4. The van der Waals surface area contributed by atoms with Crippen molar-refractivity contribution in [2.45, 2.75) is 45.6 Å². The van der Waals surface area contributed by atoms with E-state index in [4.69, 9.17) is 5.73 Å². The number of halogens is 1. The lowest BCUT2D eigenvalue weighted by Gasteiger charge is -2.35. The maximum Gasteiger partial charge on any atom is 0.281 e. The third-order valence-corrected chi connectivity index (χ3v) is 5.67. The van der Waals surface area contributed by atoms with Crippen LogP contribution in [0.5, 0.6) is 0 Å². The molecule has 5 nitrogen and oxygen atoms in total. The highest BCUT2D eigenvalue weighted by atomic mass is 35.5. The van der Waals surface area contributed by atoms with Gasteiger partial charge in [0.2, 0.25) is 0 Å². The van der Waals surface area contributed by atoms with Crippen LogP contribution in [0.3, 0.4) is 0 Å². The van der Waals surface area contributed by atoms with Crippen LogP contribution in [0.25, 0.3) is 0 Å². The molecule has 116 valence electrons. The van der Waals surface area contributed by atoms with Gasteiger partial charge in [-0.15, -0.1) is 12.4 Å². The van der Waals surface area contributed by atoms with Crippen molar-refractivity contribution in [3.8, 4) is 0 Å². The monoisotopic (exact) mass is 313 g/mol. The van der Waals surface area contributed by atoms with E-state index in [1.165, 1.54) is 4.31 Å². The zero-order valence-corrected chi connectivity index (χ0v) is 13.8. The Bertz CT molecular complexity index is 349. The van der Waals surface area contributed by atoms with Gasteiger partial charge in [-0.2, -0.15) is 17.0 Å². The molecule has 0 saturated carbocycles. The first-order valence-electron chi connectivity index (χ1n) is 6.86. The second-order valence-electron chi connectivity index (χ2n) is 5.30. The van der Waals surface area contributed by atoms with Crippen LogP contribution in [0, 0.1) is 5.92 Å². The molecule has 0 aromatic heterocycles. The molecule has 0 aromatic rings. The minimum absolute atomic E-state index is 0. The van der Waals surface area contributed by atoms with Gasteiger partial charge in [-0.25, -0.2) is 0 Å². The quantitative estimate of drug-likeness (QED) is 0.807. The third-order valence-electron chi connectivity index (χ3n) is 3.71. The molecule has 0 amide bonds. The molecule has 1 heterocycles. The van der Waals surface area contributed by atoms with Gasteiger partial charge in [-0.3, -0.25) is 0 Å². The zero-order valence-electron chi connectivity index (χ0n) is 12.2. The predicted molar refractivity (Wildman–Crippen MR) is 81.7 cm³/mol. The summed E-state index contributed by atoms with van der Waals surface area (Å²) in [4.78, 5) is 0. The summed E-state index contributed by atoms with van der Waals surface area (Å²) >= 11 is 0. The number of unbranched alkanes of at least 4 members (excludes halogenated alkanes) is 1. The van der Waals surface area contributed by atoms with Crippen molar-refractivity contribution in [1.82, 2.24) is 8.61 Å². The van der Waals surface area contributed by atoms with E-state index in [1.54, 1.807) is 11.4 Å². The molecule has 2 unspecified atom stereocenters. The Morgan fingerprint density at radius 2 is 2.11 bits per heavy atom. The number of rotatable bonds is 6. The van der Waals surface area contributed by atoms with Crippen LogP contribution < -0.4 is 5.73 Å². The fourth-order valence-corrected chi connectivity index (χ4v) is 3.80. The lowest BCUT2D eigenvalue weighted by atomic mass is 9.93. The van der Waals surface area contributed by atoms with Crippen molar-refractivity contribution in [2.75, 3.05) is 26.7 Å². The van der Waals surface area contributed by atoms with E-state index in [1.807, 2.05) is 6.92 Å². The Labute approximate surface area is 124 Å². The van der Waals surface area contributed by atoms with Crippen molar-refractivity contribution in [1.29, 1.82) is 0 Å². The van der Waals surface area contributed by atoms with Crippen LogP contribution in [0.1, 0.15) is 39.5 Å². The Balaban J connectivity index is 0.00000324. The molecule has 2 atom stereocenters. The highest BCUT2D eigenvalue weighted by Gasteiger charge is 2.32. The SMILES string of the molecule is CCCCN(C)S(=O)(=O)N1CCCC(C(C)N)C1.Cl. The number of nitrogens with zero attached hydrogens (tertiary/aromatic N) is 2. The summed E-state index contributed by atoms with van der Waals surface area (Å²) in [6.07, 6.45) is 3.85. The van der Waals surface area contributed by atoms with Crippen LogP contribution in [0.15, 0.2) is 0 Å². The Morgan fingerprint density at radius 3 is 2.63 bits per heavy atom. The molecule has 7 heteroatoms. The van der Waals surface area contributed by atoms with Crippen LogP contribution >= 0.6 is 12.4 Å². The Hall–Kier alpha value is 0.120. The van der Waals surface area contributed by atoms with E-state index in [9.17, 15) is 8.42 Å². The molecular weight excluding hydrogens is 286 g/mol. The highest BCUT2D eigenvalue weighted by Crippen LogP contribution is 2.22. The first kappa shape index (κ1) is 19.1. The Kier molecular flexibility index (Phi) is 8.47. The first-order valence-corrected chi connectivity index (χ1v) is 8.26. The van der Waals surface area contributed by atoms with Crippen LogP contribution in [0.4, 0.5) is 0 Å². The second-order valence-corrected chi connectivity index (χ2v) is 7.34. The summed E-state index contributed by atoms with van der Waals surface area (Å²) in [7, 11) is -1.62. The van der Waals surface area contributed by atoms with Crippen molar-refractivity contribution in [3.05, 3.63) is 0 Å². The molecule has 2 N–H and O–H groups in total. The highest BCUT2D eigenvalue weighted by molar-refractivity contribution is 7.86. The Morgan fingerprint density at radius 1 is 1.47 bits per heavy atom. The van der Waals surface area contributed by atoms with Gasteiger partial charge in [-0.1, -0.05) is 13.3 Å². The van der Waals surface area contributed by atoms with Gasteiger partial charge in [0.1, 0.15) is 0 Å². The van der Waals surface area contributed by atoms with E-state index >= 15 is 0 Å². The van der Waals surface area contributed by atoms with Gasteiger partial charge in [-0.05, 0) is 32.1 Å². The average molecular weight is 314 g/mol. The van der Waals surface area contributed by atoms with Crippen LogP contribution in [-0.2, 0) is 10.2 Å². The van der Waals surface area contributed by atoms with Gasteiger partial charge in [0, 0.05) is 32.7 Å². The standard InChI is InChI=1S/C12H27N3O2S.ClH/c1-4-5-8-14(3)18(16,17)15-9-6-7-12(10-15)11(2)13;/h11-12H,4-10,13H2,1-3H3;1H. The topological polar surface area (TPSA) is 66.6 Å². The summed E-state index contributed by atoms with van der Waals surface area (Å²) in [5.41, 5.74) is 5.89. The largest absolute Gasteiger partial charge is 0.328 e. The minimum atomic E-state index is -3.29. The van der Waals surface area contributed by atoms with Crippen molar-refractivity contribution >= 4 is 22.6 Å². The predicted octanol–water partition coefficient (Wildman–Crippen LogP) is 1.44. The molecule has 1 rings (SSSR count). The van der Waals surface area contributed by atoms with Crippen LogP contribution in [-0.4, -0.2) is 49.8 Å². The minimum Gasteiger partial charge on any atom is -0.328 e. The van der Waals surface area contributed by atoms with E-state index in [2.05, 4.69) is 6.92 Å². The molecule has 1 saturated heterocycles. The molecule has 1 fully saturated rings. The second kappa shape index (κ2) is 8.42. The van der Waals surface area contributed by atoms with Crippen LogP contribution in [0.2, 0.25) is 0 Å². The summed E-state index contributed by atoms with van der Waals surface area (Å²) < 4.78 is 27.8. The lowest BCUT2D eigenvalue weighted by molar-refractivity contribution is 0.231. The van der Waals surface area contributed by atoms with E-state index < -0.39 is 10.2 Å². The fraction of sp³-hybridized carbons (Fsp3) is 1.00. The molecule has 0 aliphatic carbocycles. The average Bonchev–Trinajstić information content (AvgIpc) is 2.35. The molecule has 0 radical (unpaired) electrons. The summed E-state index contributed by atoms with van der Waals surface area (Å²) in [6.45, 7) is 5.81. The van der Waals surface area contributed by atoms with Gasteiger partial charge < -0.3 is 5.73 Å². The van der Waals surface area contributed by atoms with E-state index in [-0.39, 0.29) is 24.4 Å². The van der Waals surface area contributed by atoms with Gasteiger partial charge in [0.15, 0.2) is 0 Å². The number of hydrogen-bond acceptors (Lipinski definition) is 3. The summed E-state index contributed by atoms with van der Waals surface area (Å²) in [5, 5.41) is 0. The van der Waals surface area contributed by atoms with E-state index in [0.717, 1.165) is 25.7 Å². The third kappa shape index (κ3) is 5.19. The summed E-state index contributed by atoms with van der Waals surface area (Å²) in [5.74, 6) is 0.285. The molecular formula is C12H28ClN3O2S. The molecule has 1 aliphatic heterocycles. The lowest BCUT2D eigenvalue weighted by Crippen LogP contribution is -2.49. The van der Waals surface area contributed by atoms with Crippen molar-refractivity contribution in [3.63, 3.8) is 0 Å². The number of hydrogen-bond donors (Lipinski definition) is 1.